The Morgan fingerprint density at radius 3 is 2.40 bits per heavy atom. The zero-order chi connectivity index (χ0) is 18.4. The lowest BCUT2D eigenvalue weighted by Gasteiger charge is -2.25. The van der Waals surface area contributed by atoms with Gasteiger partial charge in [-0.25, -0.2) is 8.78 Å². The van der Waals surface area contributed by atoms with E-state index in [1.165, 1.54) is 17.9 Å². The average Bonchev–Trinajstić information content (AvgIpc) is 2.57. The summed E-state index contributed by atoms with van der Waals surface area (Å²) in [5, 5.41) is 0. The first-order chi connectivity index (χ1) is 11.9. The molecule has 2 rings (SSSR count). The van der Waals surface area contributed by atoms with Crippen molar-refractivity contribution in [2.75, 3.05) is 6.54 Å². The Kier molecular flexibility index (Phi) is 6.05. The fourth-order valence-electron chi connectivity index (χ4n) is 2.27. The first kappa shape index (κ1) is 18.4. The van der Waals surface area contributed by atoms with Crippen LogP contribution >= 0.6 is 0 Å². The second-order valence-electron chi connectivity index (χ2n) is 5.48. The summed E-state index contributed by atoms with van der Waals surface area (Å²) in [6.07, 6.45) is -1.01. The Hall–Kier alpha value is -2.96. The molecule has 0 aliphatic heterocycles. The third kappa shape index (κ3) is 5.27. The molecule has 0 saturated carbocycles. The highest BCUT2D eigenvalue weighted by atomic mass is 19.2. The summed E-state index contributed by atoms with van der Waals surface area (Å²) in [4.78, 5) is 25.1. The van der Waals surface area contributed by atoms with Crippen LogP contribution in [0.25, 0.3) is 0 Å². The van der Waals surface area contributed by atoms with Gasteiger partial charge in [0.05, 0.1) is 6.54 Å². The van der Waals surface area contributed by atoms with E-state index >= 15 is 0 Å². The van der Waals surface area contributed by atoms with Crippen molar-refractivity contribution >= 4 is 11.8 Å². The molecule has 0 aliphatic rings. The Morgan fingerprint density at radius 1 is 1.12 bits per heavy atom. The van der Waals surface area contributed by atoms with Crippen LogP contribution < -0.4 is 10.5 Å². The molecule has 7 heteroatoms. The van der Waals surface area contributed by atoms with E-state index in [-0.39, 0.29) is 18.8 Å². The van der Waals surface area contributed by atoms with Crippen molar-refractivity contribution < 1.29 is 23.1 Å². The Bertz CT molecular complexity index is 753. The number of nitrogens with zero attached hydrogens (tertiary/aromatic N) is 1. The molecule has 0 aromatic heterocycles. The molecular formula is C18H18F2N2O3. The summed E-state index contributed by atoms with van der Waals surface area (Å²) in [6, 6.07) is 12.1. The number of ether oxygens (including phenoxy) is 1. The van der Waals surface area contributed by atoms with Crippen molar-refractivity contribution in [1.29, 1.82) is 0 Å². The normalized spacial score (nSPS) is 11.6. The minimum Gasteiger partial charge on any atom is -0.481 e. The third-order valence-electron chi connectivity index (χ3n) is 3.43. The highest BCUT2D eigenvalue weighted by molar-refractivity contribution is 5.86. The minimum atomic E-state index is -1.07. The van der Waals surface area contributed by atoms with Crippen molar-refractivity contribution in [3.63, 3.8) is 0 Å². The van der Waals surface area contributed by atoms with Crippen LogP contribution in [0.2, 0.25) is 0 Å². The smallest absolute Gasteiger partial charge is 0.264 e. The average molecular weight is 348 g/mol. The second kappa shape index (κ2) is 8.23. The number of carbonyl (C=O) groups excluding carboxylic acids is 2. The van der Waals surface area contributed by atoms with Crippen molar-refractivity contribution in [1.82, 2.24) is 4.90 Å². The third-order valence-corrected chi connectivity index (χ3v) is 3.43. The zero-order valence-electron chi connectivity index (χ0n) is 13.6. The van der Waals surface area contributed by atoms with Gasteiger partial charge in [0.25, 0.3) is 5.91 Å². The summed E-state index contributed by atoms with van der Waals surface area (Å²) in [7, 11) is 0. The molecule has 2 aromatic carbocycles. The molecule has 0 radical (unpaired) electrons. The molecule has 0 unspecified atom stereocenters. The highest BCUT2D eigenvalue weighted by Crippen LogP contribution is 2.18. The lowest BCUT2D eigenvalue weighted by molar-refractivity contribution is -0.141. The van der Waals surface area contributed by atoms with E-state index in [1.807, 2.05) is 30.3 Å². The van der Waals surface area contributed by atoms with Gasteiger partial charge in [-0.3, -0.25) is 9.59 Å². The van der Waals surface area contributed by atoms with Gasteiger partial charge in [-0.1, -0.05) is 30.3 Å². The molecule has 0 saturated heterocycles. The van der Waals surface area contributed by atoms with Crippen LogP contribution in [0, 0.1) is 11.6 Å². The number of halogens is 2. The number of rotatable bonds is 7. The number of nitrogens with two attached hydrogens (primary N) is 1. The topological polar surface area (TPSA) is 72.6 Å². The number of primary amides is 1. The summed E-state index contributed by atoms with van der Waals surface area (Å²) in [5.41, 5.74) is 6.03. The molecule has 132 valence electrons. The molecule has 5 nitrogen and oxygen atoms in total. The van der Waals surface area contributed by atoms with Crippen LogP contribution in [-0.2, 0) is 16.1 Å². The predicted molar refractivity (Wildman–Crippen MR) is 87.5 cm³/mol. The Morgan fingerprint density at radius 2 is 1.80 bits per heavy atom. The summed E-state index contributed by atoms with van der Waals surface area (Å²) in [5.74, 6) is -3.23. The Labute approximate surface area is 144 Å². The van der Waals surface area contributed by atoms with Crippen molar-refractivity contribution in [2.45, 2.75) is 19.6 Å². The molecule has 2 N–H and O–H groups in total. The number of hydrogen-bond donors (Lipinski definition) is 1. The SMILES string of the molecule is C[C@@H](Oc1ccc(F)c(F)c1)C(=O)N(CC(N)=O)Cc1ccccc1. The lowest BCUT2D eigenvalue weighted by atomic mass is 10.2. The van der Waals surface area contributed by atoms with Crippen LogP contribution in [0.5, 0.6) is 5.75 Å². The summed E-state index contributed by atoms with van der Waals surface area (Å²) >= 11 is 0. The van der Waals surface area contributed by atoms with Gasteiger partial charge < -0.3 is 15.4 Å². The van der Waals surface area contributed by atoms with Crippen LogP contribution in [0.3, 0.4) is 0 Å². The first-order valence-corrected chi connectivity index (χ1v) is 7.59. The highest BCUT2D eigenvalue weighted by Gasteiger charge is 2.24. The summed E-state index contributed by atoms with van der Waals surface area (Å²) < 4.78 is 31.6. The molecule has 25 heavy (non-hydrogen) atoms. The van der Waals surface area contributed by atoms with Gasteiger partial charge >= 0.3 is 0 Å². The largest absolute Gasteiger partial charge is 0.481 e. The molecule has 2 amide bonds. The van der Waals surface area contributed by atoms with Gasteiger partial charge in [-0.15, -0.1) is 0 Å². The maximum Gasteiger partial charge on any atom is 0.264 e. The number of benzene rings is 2. The monoisotopic (exact) mass is 348 g/mol. The first-order valence-electron chi connectivity index (χ1n) is 7.59. The number of amides is 2. The molecule has 0 aliphatic carbocycles. The molecule has 0 fully saturated rings. The van der Waals surface area contributed by atoms with Gasteiger partial charge in [-0.2, -0.15) is 0 Å². The molecular weight excluding hydrogens is 330 g/mol. The molecule has 0 heterocycles. The van der Waals surface area contributed by atoms with E-state index in [9.17, 15) is 18.4 Å². The van der Waals surface area contributed by atoms with E-state index in [4.69, 9.17) is 10.5 Å². The van der Waals surface area contributed by atoms with Gasteiger partial charge in [0.15, 0.2) is 17.7 Å². The van der Waals surface area contributed by atoms with Crippen molar-refractivity contribution in [3.8, 4) is 5.75 Å². The predicted octanol–water partition coefficient (Wildman–Crippen LogP) is 2.25. The minimum absolute atomic E-state index is 0.0125. The molecule has 0 spiro atoms. The fourth-order valence-corrected chi connectivity index (χ4v) is 2.27. The van der Waals surface area contributed by atoms with E-state index in [1.54, 1.807) is 0 Å². The number of carbonyl (C=O) groups is 2. The zero-order valence-corrected chi connectivity index (χ0v) is 13.6. The van der Waals surface area contributed by atoms with E-state index in [0.29, 0.717) is 0 Å². The molecule has 0 bridgehead atoms. The fraction of sp³-hybridized carbons (Fsp3) is 0.222. The quantitative estimate of drug-likeness (QED) is 0.834. The van der Waals surface area contributed by atoms with Gasteiger partial charge in [0.1, 0.15) is 5.75 Å². The van der Waals surface area contributed by atoms with Gasteiger partial charge in [0, 0.05) is 12.6 Å². The summed E-state index contributed by atoms with van der Waals surface area (Å²) in [6.45, 7) is 1.36. The van der Waals surface area contributed by atoms with E-state index < -0.39 is 29.6 Å². The van der Waals surface area contributed by atoms with Crippen LogP contribution in [0.1, 0.15) is 12.5 Å². The van der Waals surface area contributed by atoms with Gasteiger partial charge in [-0.05, 0) is 24.6 Å². The van der Waals surface area contributed by atoms with E-state index in [2.05, 4.69) is 0 Å². The molecule has 2 aromatic rings. The number of hydrogen-bond acceptors (Lipinski definition) is 3. The van der Waals surface area contributed by atoms with Crippen LogP contribution in [0.15, 0.2) is 48.5 Å². The maximum absolute atomic E-state index is 13.2. The standard InChI is InChI=1S/C18H18F2N2O3/c1-12(25-14-7-8-15(19)16(20)9-14)18(24)22(11-17(21)23)10-13-5-3-2-4-6-13/h2-9,12H,10-11H2,1H3,(H2,21,23)/t12-/m1/s1. The van der Waals surface area contributed by atoms with Crippen molar-refractivity contribution in [3.05, 3.63) is 65.7 Å². The van der Waals surface area contributed by atoms with Crippen molar-refractivity contribution in [2.24, 2.45) is 5.73 Å². The van der Waals surface area contributed by atoms with Crippen LogP contribution in [-0.4, -0.2) is 29.4 Å². The Balaban J connectivity index is 2.11. The maximum atomic E-state index is 13.2. The lowest BCUT2D eigenvalue weighted by Crippen LogP contribution is -2.44. The van der Waals surface area contributed by atoms with Gasteiger partial charge in [0.2, 0.25) is 5.91 Å². The second-order valence-corrected chi connectivity index (χ2v) is 5.48. The molecule has 1 atom stereocenters. The van der Waals surface area contributed by atoms with Crippen LogP contribution in [0.4, 0.5) is 8.78 Å². The van der Waals surface area contributed by atoms with E-state index in [0.717, 1.165) is 17.7 Å².